The molecule has 1 N–H and O–H groups in total. The predicted molar refractivity (Wildman–Crippen MR) is 90.9 cm³/mol. The zero-order valence-electron chi connectivity index (χ0n) is 12.4. The van der Waals surface area contributed by atoms with Gasteiger partial charge in [-0.25, -0.2) is 0 Å². The summed E-state index contributed by atoms with van der Waals surface area (Å²) in [4.78, 5) is 0. The summed E-state index contributed by atoms with van der Waals surface area (Å²) >= 11 is 0. The van der Waals surface area contributed by atoms with Crippen molar-refractivity contribution in [2.24, 2.45) is 0 Å². The molecule has 0 atom stereocenters. The van der Waals surface area contributed by atoms with Crippen LogP contribution in [0.3, 0.4) is 0 Å². The van der Waals surface area contributed by atoms with E-state index in [9.17, 15) is 0 Å². The Bertz CT molecular complexity index is 816. The molecule has 1 heteroatoms. The zero-order valence-corrected chi connectivity index (χ0v) is 12.4. The first-order valence-corrected chi connectivity index (χ1v) is 7.77. The molecule has 3 aromatic rings. The third-order valence-corrected chi connectivity index (χ3v) is 4.52. The second-order valence-corrected chi connectivity index (χ2v) is 5.84. The lowest BCUT2D eigenvalue weighted by Crippen LogP contribution is -1.91. The zero-order chi connectivity index (χ0) is 14.9. The predicted octanol–water partition coefficient (Wildman–Crippen LogP) is 4.46. The molecule has 0 amide bonds. The third kappa shape index (κ3) is 2.15. The van der Waals surface area contributed by atoms with Crippen LogP contribution in [0, 0.1) is 0 Å². The molecule has 1 nitrogen and oxygen atoms in total. The van der Waals surface area contributed by atoms with E-state index < -0.39 is 0 Å². The van der Waals surface area contributed by atoms with Gasteiger partial charge in [-0.15, -0.1) is 0 Å². The molecule has 22 heavy (non-hydrogen) atoms. The molecule has 0 aromatic heterocycles. The minimum atomic E-state index is 0.204. The monoisotopic (exact) mass is 286 g/mol. The van der Waals surface area contributed by atoms with E-state index >= 15 is 0 Å². The summed E-state index contributed by atoms with van der Waals surface area (Å²) in [6.07, 6.45) is 1.73. The van der Waals surface area contributed by atoms with E-state index in [0.29, 0.717) is 0 Å². The summed E-state index contributed by atoms with van der Waals surface area (Å²) in [6.45, 7) is 0.204. The lowest BCUT2D eigenvalue weighted by molar-refractivity contribution is 0.299. The molecular formula is C21H18O. The fourth-order valence-corrected chi connectivity index (χ4v) is 3.41. The van der Waals surface area contributed by atoms with Gasteiger partial charge in [0.05, 0.1) is 0 Å². The Labute approximate surface area is 130 Å². The van der Waals surface area contributed by atoms with Gasteiger partial charge in [0, 0.05) is 6.61 Å². The van der Waals surface area contributed by atoms with Crippen molar-refractivity contribution >= 4 is 0 Å². The number of hydrogen-bond donors (Lipinski definition) is 1. The number of fused-ring (bicyclic) bond motifs is 3. The first kappa shape index (κ1) is 13.3. The second kappa shape index (κ2) is 5.43. The van der Waals surface area contributed by atoms with Crippen molar-refractivity contribution in [3.05, 3.63) is 83.4 Å². The Morgan fingerprint density at radius 2 is 1.45 bits per heavy atom. The van der Waals surface area contributed by atoms with Gasteiger partial charge >= 0.3 is 0 Å². The SMILES string of the molecule is OCCc1ccc(-c2cccc3c2Cc2ccccc2-3)cc1. The van der Waals surface area contributed by atoms with Gasteiger partial charge in [-0.2, -0.15) is 0 Å². The van der Waals surface area contributed by atoms with Crippen molar-refractivity contribution in [2.45, 2.75) is 12.8 Å². The summed E-state index contributed by atoms with van der Waals surface area (Å²) in [5.41, 5.74) is 9.35. The van der Waals surface area contributed by atoms with Gasteiger partial charge in [0.2, 0.25) is 0 Å². The summed E-state index contributed by atoms with van der Waals surface area (Å²) in [6, 6.07) is 23.8. The molecule has 0 bridgehead atoms. The van der Waals surface area contributed by atoms with Crippen molar-refractivity contribution in [1.82, 2.24) is 0 Å². The van der Waals surface area contributed by atoms with E-state index in [0.717, 1.165) is 12.8 Å². The van der Waals surface area contributed by atoms with Crippen LogP contribution in [-0.4, -0.2) is 11.7 Å². The molecule has 0 saturated carbocycles. The van der Waals surface area contributed by atoms with Crippen molar-refractivity contribution in [3.8, 4) is 22.3 Å². The maximum atomic E-state index is 9.03. The first-order chi connectivity index (χ1) is 10.9. The number of aliphatic hydroxyl groups excluding tert-OH is 1. The van der Waals surface area contributed by atoms with Crippen molar-refractivity contribution < 1.29 is 5.11 Å². The van der Waals surface area contributed by atoms with Crippen LogP contribution >= 0.6 is 0 Å². The molecule has 0 radical (unpaired) electrons. The quantitative estimate of drug-likeness (QED) is 0.589. The molecule has 0 heterocycles. The molecule has 108 valence electrons. The average Bonchev–Trinajstić information content (AvgIpc) is 2.95. The largest absolute Gasteiger partial charge is 0.396 e. The molecule has 0 saturated heterocycles. The van der Waals surface area contributed by atoms with Gasteiger partial charge in [0.1, 0.15) is 0 Å². The van der Waals surface area contributed by atoms with Crippen LogP contribution in [0.1, 0.15) is 16.7 Å². The number of benzene rings is 3. The minimum absolute atomic E-state index is 0.204. The maximum absolute atomic E-state index is 9.03. The van der Waals surface area contributed by atoms with Gasteiger partial charge in [0.15, 0.2) is 0 Å². The maximum Gasteiger partial charge on any atom is 0.0471 e. The second-order valence-electron chi connectivity index (χ2n) is 5.84. The molecular weight excluding hydrogens is 268 g/mol. The number of rotatable bonds is 3. The summed E-state index contributed by atoms with van der Waals surface area (Å²) in [5, 5.41) is 9.03. The number of aliphatic hydroxyl groups is 1. The van der Waals surface area contributed by atoms with E-state index in [1.165, 1.54) is 38.9 Å². The molecule has 3 aromatic carbocycles. The summed E-state index contributed by atoms with van der Waals surface area (Å²) < 4.78 is 0. The molecule has 0 aliphatic heterocycles. The lowest BCUT2D eigenvalue weighted by atomic mass is 9.95. The molecule has 1 aliphatic carbocycles. The van der Waals surface area contributed by atoms with Crippen LogP contribution in [0.5, 0.6) is 0 Å². The van der Waals surface area contributed by atoms with Gasteiger partial charge in [0.25, 0.3) is 0 Å². The van der Waals surface area contributed by atoms with E-state index in [1.807, 2.05) is 0 Å². The normalized spacial score (nSPS) is 12.0. The van der Waals surface area contributed by atoms with Crippen LogP contribution in [0.25, 0.3) is 22.3 Å². The van der Waals surface area contributed by atoms with Crippen LogP contribution in [0.4, 0.5) is 0 Å². The minimum Gasteiger partial charge on any atom is -0.396 e. The van der Waals surface area contributed by atoms with E-state index in [-0.39, 0.29) is 6.61 Å². The molecule has 4 rings (SSSR count). The smallest absolute Gasteiger partial charge is 0.0471 e. The highest BCUT2D eigenvalue weighted by molar-refractivity contribution is 5.84. The van der Waals surface area contributed by atoms with E-state index in [4.69, 9.17) is 5.11 Å². The van der Waals surface area contributed by atoms with Gasteiger partial charge in [-0.05, 0) is 51.8 Å². The Hall–Kier alpha value is -2.38. The average molecular weight is 286 g/mol. The lowest BCUT2D eigenvalue weighted by Gasteiger charge is -2.09. The van der Waals surface area contributed by atoms with Crippen LogP contribution in [-0.2, 0) is 12.8 Å². The third-order valence-electron chi connectivity index (χ3n) is 4.52. The highest BCUT2D eigenvalue weighted by atomic mass is 16.2. The fourth-order valence-electron chi connectivity index (χ4n) is 3.41. The molecule has 0 fully saturated rings. The van der Waals surface area contributed by atoms with Gasteiger partial charge < -0.3 is 5.11 Å². The first-order valence-electron chi connectivity index (χ1n) is 7.77. The number of hydrogen-bond acceptors (Lipinski definition) is 1. The fraction of sp³-hybridized carbons (Fsp3) is 0.143. The van der Waals surface area contributed by atoms with Crippen LogP contribution in [0.15, 0.2) is 66.7 Å². The van der Waals surface area contributed by atoms with E-state index in [2.05, 4.69) is 66.7 Å². The van der Waals surface area contributed by atoms with Crippen LogP contribution in [0.2, 0.25) is 0 Å². The standard InChI is InChI=1S/C21H18O/c22-13-12-15-8-10-16(11-9-15)18-6-3-7-20-19-5-2-1-4-17(19)14-21(18)20/h1-11,22H,12-14H2. The Morgan fingerprint density at radius 1 is 0.727 bits per heavy atom. The molecule has 0 spiro atoms. The van der Waals surface area contributed by atoms with Gasteiger partial charge in [-0.1, -0.05) is 66.7 Å². The van der Waals surface area contributed by atoms with E-state index in [1.54, 1.807) is 0 Å². The highest BCUT2D eigenvalue weighted by Gasteiger charge is 2.20. The van der Waals surface area contributed by atoms with Crippen molar-refractivity contribution in [1.29, 1.82) is 0 Å². The molecule has 0 unspecified atom stereocenters. The van der Waals surface area contributed by atoms with Crippen molar-refractivity contribution in [2.75, 3.05) is 6.61 Å². The van der Waals surface area contributed by atoms with Crippen LogP contribution < -0.4 is 0 Å². The topological polar surface area (TPSA) is 20.2 Å². The Kier molecular flexibility index (Phi) is 3.28. The van der Waals surface area contributed by atoms with Gasteiger partial charge in [-0.3, -0.25) is 0 Å². The molecule has 1 aliphatic rings. The summed E-state index contributed by atoms with van der Waals surface area (Å²) in [7, 11) is 0. The Balaban J connectivity index is 1.79. The summed E-state index contributed by atoms with van der Waals surface area (Å²) in [5.74, 6) is 0. The van der Waals surface area contributed by atoms with Crippen molar-refractivity contribution in [3.63, 3.8) is 0 Å². The Morgan fingerprint density at radius 3 is 2.27 bits per heavy atom. The highest BCUT2D eigenvalue weighted by Crippen LogP contribution is 2.41.